The number of hydrogen-bond donors (Lipinski definition) is 1. The number of pyridine rings is 4. The number of carbonyl (C=O) groups is 1. The third-order valence-electron chi connectivity index (χ3n) is 7.25. The summed E-state index contributed by atoms with van der Waals surface area (Å²) in [4.78, 5) is 41.6. The van der Waals surface area contributed by atoms with E-state index in [2.05, 4.69) is 38.3 Å². The number of fused-ring (bicyclic) bond motifs is 1. The van der Waals surface area contributed by atoms with Crippen molar-refractivity contribution in [3.63, 3.8) is 0 Å². The second-order valence-electron chi connectivity index (χ2n) is 10.0. The highest BCUT2D eigenvalue weighted by Gasteiger charge is 2.20. The first kappa shape index (κ1) is 26.3. The predicted octanol–water partition coefficient (Wildman–Crippen LogP) is 5.17. The first-order chi connectivity index (χ1) is 19.9. The van der Waals surface area contributed by atoms with E-state index in [1.54, 1.807) is 36.7 Å². The van der Waals surface area contributed by atoms with Crippen LogP contribution in [0.15, 0.2) is 90.2 Å². The number of amides is 1. The molecule has 1 N–H and O–H groups in total. The predicted molar refractivity (Wildman–Crippen MR) is 153 cm³/mol. The fourth-order valence-electron chi connectivity index (χ4n) is 4.95. The molecule has 9 nitrogen and oxygen atoms in total. The first-order valence-electron chi connectivity index (χ1n) is 13.3. The van der Waals surface area contributed by atoms with Crippen molar-refractivity contribution < 1.29 is 13.9 Å². The molecule has 206 valence electrons. The van der Waals surface area contributed by atoms with Crippen molar-refractivity contribution in [3.8, 4) is 17.2 Å². The summed E-state index contributed by atoms with van der Waals surface area (Å²) < 4.78 is 20.7. The molecule has 1 aromatic carbocycles. The minimum Gasteiger partial charge on any atom is -0.455 e. The molecule has 4 aromatic heterocycles. The van der Waals surface area contributed by atoms with Crippen molar-refractivity contribution >= 4 is 22.6 Å². The van der Waals surface area contributed by atoms with Crippen LogP contribution in [0.2, 0.25) is 0 Å². The maximum Gasteiger partial charge on any atom is 0.267 e. The van der Waals surface area contributed by atoms with Gasteiger partial charge in [0.1, 0.15) is 28.7 Å². The van der Waals surface area contributed by atoms with Gasteiger partial charge in [0.2, 0.25) is 0 Å². The van der Waals surface area contributed by atoms with Crippen LogP contribution in [0.4, 0.5) is 10.2 Å². The third kappa shape index (κ3) is 5.68. The molecule has 1 aliphatic heterocycles. The molecule has 0 spiro atoms. The van der Waals surface area contributed by atoms with E-state index in [9.17, 15) is 14.0 Å². The maximum absolute atomic E-state index is 13.3. The van der Waals surface area contributed by atoms with E-state index >= 15 is 0 Å². The number of benzene rings is 1. The molecular weight excluding hydrogens is 523 g/mol. The quantitative estimate of drug-likeness (QED) is 0.311. The molecule has 1 fully saturated rings. The van der Waals surface area contributed by atoms with Gasteiger partial charge in [-0.25, -0.2) is 9.37 Å². The largest absolute Gasteiger partial charge is 0.455 e. The highest BCUT2D eigenvalue weighted by molar-refractivity contribution is 6.03. The van der Waals surface area contributed by atoms with E-state index in [0.717, 1.165) is 42.5 Å². The van der Waals surface area contributed by atoms with Crippen molar-refractivity contribution in [1.82, 2.24) is 24.4 Å². The first-order valence-corrected chi connectivity index (χ1v) is 13.3. The van der Waals surface area contributed by atoms with Crippen molar-refractivity contribution in [2.24, 2.45) is 0 Å². The van der Waals surface area contributed by atoms with Gasteiger partial charge >= 0.3 is 0 Å². The Morgan fingerprint density at radius 1 is 1.00 bits per heavy atom. The summed E-state index contributed by atoms with van der Waals surface area (Å²) in [6, 6.07) is 15.6. The number of nitrogens with zero attached hydrogens (tertiary/aromatic N) is 5. The summed E-state index contributed by atoms with van der Waals surface area (Å²) in [6.07, 6.45) is 8.61. The standard InChI is InChI=1S/C31H27FN6O3/c1-37-15-11-20(12-16-37)26-17-25-27(19-34-26)33-13-10-28(25)41-23-8-9-29(35-18-23)36-30(39)24-3-2-14-38(31(24)40)22-6-4-21(32)5-7-22/h2-10,13-14,17-20H,11-12,15-16H2,1H3,(H,35,36,39). The van der Waals surface area contributed by atoms with Gasteiger partial charge in [0.05, 0.1) is 17.9 Å². The smallest absolute Gasteiger partial charge is 0.267 e. The van der Waals surface area contributed by atoms with Crippen LogP contribution in [0.3, 0.4) is 0 Å². The lowest BCUT2D eigenvalue weighted by atomic mass is 9.93. The number of halogens is 1. The number of hydrogen-bond acceptors (Lipinski definition) is 7. The summed E-state index contributed by atoms with van der Waals surface area (Å²) in [5.41, 5.74) is 1.62. The van der Waals surface area contributed by atoms with E-state index in [1.165, 1.54) is 47.3 Å². The minimum atomic E-state index is -0.610. The molecule has 0 radical (unpaired) electrons. The molecule has 1 saturated heterocycles. The second kappa shape index (κ2) is 11.3. The summed E-state index contributed by atoms with van der Waals surface area (Å²) in [5, 5.41) is 3.52. The van der Waals surface area contributed by atoms with E-state index in [4.69, 9.17) is 4.74 Å². The molecule has 0 bridgehead atoms. The molecular formula is C31H27FN6O3. The fourth-order valence-corrected chi connectivity index (χ4v) is 4.95. The number of aromatic nitrogens is 4. The summed E-state index contributed by atoms with van der Waals surface area (Å²) >= 11 is 0. The third-order valence-corrected chi connectivity index (χ3v) is 7.25. The molecule has 0 atom stereocenters. The Kier molecular flexibility index (Phi) is 7.22. The van der Waals surface area contributed by atoms with E-state index in [0.29, 0.717) is 23.1 Å². The molecule has 0 aliphatic carbocycles. The molecule has 0 saturated carbocycles. The highest BCUT2D eigenvalue weighted by Crippen LogP contribution is 2.33. The molecule has 0 unspecified atom stereocenters. The van der Waals surface area contributed by atoms with Gasteiger partial charge in [-0.05, 0) is 93.6 Å². The maximum atomic E-state index is 13.3. The van der Waals surface area contributed by atoms with Crippen LogP contribution in [-0.2, 0) is 0 Å². The number of anilines is 1. The molecule has 1 aliphatic rings. The molecule has 5 aromatic rings. The van der Waals surface area contributed by atoms with Crippen LogP contribution in [0.1, 0.15) is 34.8 Å². The van der Waals surface area contributed by atoms with Gasteiger partial charge in [0.15, 0.2) is 0 Å². The van der Waals surface area contributed by atoms with Crippen molar-refractivity contribution in [2.45, 2.75) is 18.8 Å². The zero-order valence-electron chi connectivity index (χ0n) is 22.3. The lowest BCUT2D eigenvalue weighted by molar-refractivity contribution is 0.102. The summed E-state index contributed by atoms with van der Waals surface area (Å²) in [5.74, 6) is 0.745. The molecule has 41 heavy (non-hydrogen) atoms. The summed E-state index contributed by atoms with van der Waals surface area (Å²) in [7, 11) is 2.14. The fraction of sp³-hybridized carbons (Fsp3) is 0.194. The number of carbonyl (C=O) groups excluding carboxylic acids is 1. The Hall–Kier alpha value is -4.96. The molecule has 6 rings (SSSR count). The van der Waals surface area contributed by atoms with Gasteiger partial charge < -0.3 is 15.0 Å². The Labute approximate surface area is 235 Å². The lowest BCUT2D eigenvalue weighted by Gasteiger charge is -2.28. The van der Waals surface area contributed by atoms with Crippen LogP contribution in [-0.4, -0.2) is 50.5 Å². The average Bonchev–Trinajstić information content (AvgIpc) is 2.99. The van der Waals surface area contributed by atoms with Gasteiger partial charge in [-0.2, -0.15) is 0 Å². The van der Waals surface area contributed by atoms with Gasteiger partial charge in [-0.15, -0.1) is 0 Å². The van der Waals surface area contributed by atoms with Crippen LogP contribution in [0.5, 0.6) is 11.5 Å². The van der Waals surface area contributed by atoms with Gasteiger partial charge in [0.25, 0.3) is 11.5 Å². The average molecular weight is 551 g/mol. The Balaban J connectivity index is 1.18. The normalized spacial score (nSPS) is 14.2. The second-order valence-corrected chi connectivity index (χ2v) is 10.0. The van der Waals surface area contributed by atoms with Crippen LogP contribution >= 0.6 is 0 Å². The van der Waals surface area contributed by atoms with Crippen LogP contribution in [0, 0.1) is 5.82 Å². The van der Waals surface area contributed by atoms with E-state index in [-0.39, 0.29) is 11.4 Å². The monoisotopic (exact) mass is 550 g/mol. The number of piperidine rings is 1. The number of likely N-dealkylation sites (tertiary alicyclic amines) is 1. The Bertz CT molecular complexity index is 1760. The number of nitrogens with one attached hydrogen (secondary N) is 1. The van der Waals surface area contributed by atoms with Crippen molar-refractivity contribution in [3.05, 3.63) is 113 Å². The molecule has 5 heterocycles. The van der Waals surface area contributed by atoms with E-state index in [1.807, 2.05) is 0 Å². The van der Waals surface area contributed by atoms with Gasteiger partial charge in [0, 0.05) is 35.1 Å². The zero-order chi connectivity index (χ0) is 28.3. The number of rotatable bonds is 6. The molecule has 10 heteroatoms. The zero-order valence-corrected chi connectivity index (χ0v) is 22.3. The van der Waals surface area contributed by atoms with Crippen LogP contribution < -0.4 is 15.6 Å². The van der Waals surface area contributed by atoms with Gasteiger partial charge in [-0.1, -0.05) is 0 Å². The summed E-state index contributed by atoms with van der Waals surface area (Å²) in [6.45, 7) is 2.09. The van der Waals surface area contributed by atoms with Gasteiger partial charge in [-0.3, -0.25) is 24.1 Å². The Morgan fingerprint density at radius 3 is 2.56 bits per heavy atom. The minimum absolute atomic E-state index is 0.0729. The topological polar surface area (TPSA) is 102 Å². The van der Waals surface area contributed by atoms with Crippen molar-refractivity contribution in [2.75, 3.05) is 25.5 Å². The number of ether oxygens (including phenoxy) is 1. The highest BCUT2D eigenvalue weighted by atomic mass is 19.1. The van der Waals surface area contributed by atoms with Crippen molar-refractivity contribution in [1.29, 1.82) is 0 Å². The van der Waals surface area contributed by atoms with E-state index < -0.39 is 17.3 Å². The molecule has 1 amide bonds. The van der Waals surface area contributed by atoms with Crippen LogP contribution in [0.25, 0.3) is 16.6 Å². The SMILES string of the molecule is CN1CCC(c2cc3c(Oc4ccc(NC(=O)c5cccn(-c6ccc(F)cc6)c5=O)nc4)ccnc3cn2)CC1. The lowest BCUT2D eigenvalue weighted by Crippen LogP contribution is -2.29. The Morgan fingerprint density at radius 2 is 1.80 bits per heavy atom.